The van der Waals surface area contributed by atoms with Crippen molar-refractivity contribution in [2.75, 3.05) is 6.54 Å². The summed E-state index contributed by atoms with van der Waals surface area (Å²) in [5.74, 6) is -0.717. The molecule has 0 atom stereocenters. The summed E-state index contributed by atoms with van der Waals surface area (Å²) in [6, 6.07) is 10.9. The number of fused-ring (bicyclic) bond motifs is 1. The van der Waals surface area contributed by atoms with Gasteiger partial charge in [-0.25, -0.2) is 13.8 Å². The minimum Gasteiger partial charge on any atom is -0.331 e. The Morgan fingerprint density at radius 2 is 1.93 bits per heavy atom. The van der Waals surface area contributed by atoms with Crippen molar-refractivity contribution >= 4 is 16.9 Å². The Balaban J connectivity index is 1.97. The van der Waals surface area contributed by atoms with Crippen LogP contribution in [0.1, 0.15) is 56.2 Å². The van der Waals surface area contributed by atoms with Gasteiger partial charge in [0.2, 0.25) is 0 Å². The minimum atomic E-state index is -0.713. The fourth-order valence-electron chi connectivity index (χ4n) is 3.48. The molecule has 0 N–H and O–H groups in total. The average Bonchev–Trinajstić information content (AvgIpc) is 3.07. The Kier molecular flexibility index (Phi) is 7.19. The molecule has 0 spiro atoms. The Morgan fingerprint density at radius 1 is 1.17 bits per heavy atom. The standard InChI is InChI=1S/C24H29F2N3O/c1-4-5-13-29-22-9-7-6-8-21(22)27-23(29)16-28(14-12-17(2)3)24(30)19-15-18(25)10-11-20(19)26/h6-11,15,17H,4-5,12-14,16H2,1-3H3. The Hall–Kier alpha value is -2.76. The number of amides is 1. The molecule has 0 fully saturated rings. The van der Waals surface area contributed by atoms with E-state index in [-0.39, 0.29) is 12.1 Å². The highest BCUT2D eigenvalue weighted by Gasteiger charge is 2.23. The molecular formula is C24H29F2N3O. The monoisotopic (exact) mass is 413 g/mol. The first-order valence-corrected chi connectivity index (χ1v) is 10.6. The first kappa shape index (κ1) is 21.9. The topological polar surface area (TPSA) is 38.1 Å². The highest BCUT2D eigenvalue weighted by molar-refractivity contribution is 5.94. The average molecular weight is 414 g/mol. The molecule has 30 heavy (non-hydrogen) atoms. The summed E-state index contributed by atoms with van der Waals surface area (Å²) >= 11 is 0. The molecule has 0 saturated heterocycles. The molecule has 0 aliphatic rings. The van der Waals surface area contributed by atoms with Crippen molar-refractivity contribution in [3.8, 4) is 0 Å². The third kappa shape index (κ3) is 5.04. The zero-order valence-corrected chi connectivity index (χ0v) is 17.9. The number of halogens is 2. The first-order valence-electron chi connectivity index (χ1n) is 10.6. The fourth-order valence-corrected chi connectivity index (χ4v) is 3.48. The van der Waals surface area contributed by atoms with Crippen molar-refractivity contribution in [1.82, 2.24) is 14.5 Å². The summed E-state index contributed by atoms with van der Waals surface area (Å²) in [4.78, 5) is 19.5. The molecule has 1 amide bonds. The number of hydrogen-bond acceptors (Lipinski definition) is 2. The molecule has 160 valence electrons. The van der Waals surface area contributed by atoms with Crippen LogP contribution < -0.4 is 0 Å². The molecule has 2 aromatic carbocycles. The molecule has 3 aromatic rings. The molecule has 0 saturated carbocycles. The van der Waals surface area contributed by atoms with Gasteiger partial charge in [-0.05, 0) is 49.1 Å². The van der Waals surface area contributed by atoms with Gasteiger partial charge >= 0.3 is 0 Å². The summed E-state index contributed by atoms with van der Waals surface area (Å²) in [6.45, 7) is 7.77. The number of hydrogen-bond donors (Lipinski definition) is 0. The van der Waals surface area contributed by atoms with Gasteiger partial charge in [0.05, 0.1) is 23.1 Å². The number of nitrogens with zero attached hydrogens (tertiary/aromatic N) is 3. The highest BCUT2D eigenvalue weighted by atomic mass is 19.1. The lowest BCUT2D eigenvalue weighted by Crippen LogP contribution is -2.34. The number of carbonyl (C=O) groups is 1. The molecule has 0 bridgehead atoms. The molecule has 0 aliphatic carbocycles. The van der Waals surface area contributed by atoms with Crippen molar-refractivity contribution in [3.05, 3.63) is 65.5 Å². The first-order chi connectivity index (χ1) is 14.4. The number of aromatic nitrogens is 2. The molecule has 0 radical (unpaired) electrons. The summed E-state index contributed by atoms with van der Waals surface area (Å²) in [5, 5.41) is 0. The SMILES string of the molecule is CCCCn1c(CN(CCC(C)C)C(=O)c2cc(F)ccc2F)nc2ccccc21. The molecule has 1 aromatic heterocycles. The summed E-state index contributed by atoms with van der Waals surface area (Å²) < 4.78 is 30.1. The number of para-hydroxylation sites is 2. The van der Waals surface area contributed by atoms with Crippen LogP contribution in [0.25, 0.3) is 11.0 Å². The number of rotatable bonds is 9. The second kappa shape index (κ2) is 9.83. The van der Waals surface area contributed by atoms with Crippen LogP contribution in [0, 0.1) is 17.6 Å². The van der Waals surface area contributed by atoms with Crippen LogP contribution in [-0.4, -0.2) is 26.9 Å². The van der Waals surface area contributed by atoms with E-state index in [1.165, 1.54) is 0 Å². The molecule has 0 unspecified atom stereocenters. The number of imidazole rings is 1. The van der Waals surface area contributed by atoms with Gasteiger partial charge in [0, 0.05) is 13.1 Å². The highest BCUT2D eigenvalue weighted by Crippen LogP contribution is 2.21. The molecular weight excluding hydrogens is 384 g/mol. The van der Waals surface area contributed by atoms with Gasteiger partial charge in [0.15, 0.2) is 0 Å². The van der Waals surface area contributed by atoms with E-state index < -0.39 is 17.5 Å². The third-order valence-corrected chi connectivity index (χ3v) is 5.22. The molecule has 6 heteroatoms. The van der Waals surface area contributed by atoms with E-state index in [0.29, 0.717) is 12.5 Å². The minimum absolute atomic E-state index is 0.241. The predicted octanol–water partition coefficient (Wildman–Crippen LogP) is 5.80. The van der Waals surface area contributed by atoms with Gasteiger partial charge < -0.3 is 9.47 Å². The van der Waals surface area contributed by atoms with Gasteiger partial charge in [-0.2, -0.15) is 0 Å². The molecule has 4 nitrogen and oxygen atoms in total. The van der Waals surface area contributed by atoms with Gasteiger partial charge in [-0.15, -0.1) is 0 Å². The van der Waals surface area contributed by atoms with E-state index in [2.05, 4.69) is 25.3 Å². The molecule has 0 aliphatic heterocycles. The van der Waals surface area contributed by atoms with E-state index in [0.717, 1.165) is 60.9 Å². The number of unbranched alkanes of at least 4 members (excludes halogenated alkanes) is 1. The van der Waals surface area contributed by atoms with Crippen molar-refractivity contribution < 1.29 is 13.6 Å². The van der Waals surface area contributed by atoms with Gasteiger partial charge in [0.1, 0.15) is 17.5 Å². The van der Waals surface area contributed by atoms with Crippen LogP contribution in [0.4, 0.5) is 8.78 Å². The maximum absolute atomic E-state index is 14.3. The Labute approximate surface area is 176 Å². The van der Waals surface area contributed by atoms with Gasteiger partial charge in [-0.3, -0.25) is 4.79 Å². The second-order valence-corrected chi connectivity index (χ2v) is 8.06. The van der Waals surface area contributed by atoms with E-state index in [1.54, 1.807) is 4.90 Å². The van der Waals surface area contributed by atoms with E-state index in [4.69, 9.17) is 4.98 Å². The van der Waals surface area contributed by atoms with Crippen molar-refractivity contribution in [1.29, 1.82) is 0 Å². The van der Waals surface area contributed by atoms with E-state index >= 15 is 0 Å². The summed E-state index contributed by atoms with van der Waals surface area (Å²) in [5.41, 5.74) is 1.65. The lowest BCUT2D eigenvalue weighted by atomic mass is 10.1. The van der Waals surface area contributed by atoms with Crippen LogP contribution >= 0.6 is 0 Å². The number of carbonyl (C=O) groups excluding carboxylic acids is 1. The van der Waals surface area contributed by atoms with Gasteiger partial charge in [-0.1, -0.05) is 39.3 Å². The lowest BCUT2D eigenvalue weighted by molar-refractivity contribution is 0.0724. The van der Waals surface area contributed by atoms with Gasteiger partial charge in [0.25, 0.3) is 5.91 Å². The van der Waals surface area contributed by atoms with Crippen LogP contribution in [0.5, 0.6) is 0 Å². The largest absolute Gasteiger partial charge is 0.331 e. The van der Waals surface area contributed by atoms with E-state index in [1.807, 2.05) is 24.3 Å². The second-order valence-electron chi connectivity index (χ2n) is 8.06. The summed E-state index contributed by atoms with van der Waals surface area (Å²) in [6.07, 6.45) is 2.79. The maximum atomic E-state index is 14.3. The van der Waals surface area contributed by atoms with E-state index in [9.17, 15) is 13.6 Å². The van der Waals surface area contributed by atoms with Crippen molar-refractivity contribution in [3.63, 3.8) is 0 Å². The summed E-state index contributed by atoms with van der Waals surface area (Å²) in [7, 11) is 0. The number of aryl methyl sites for hydroxylation is 1. The zero-order chi connectivity index (χ0) is 21.7. The van der Waals surface area contributed by atoms with Crippen molar-refractivity contribution in [2.45, 2.75) is 53.1 Å². The third-order valence-electron chi connectivity index (χ3n) is 5.22. The Bertz CT molecular complexity index is 1010. The van der Waals surface area contributed by atoms with Crippen molar-refractivity contribution in [2.24, 2.45) is 5.92 Å². The smallest absolute Gasteiger partial charge is 0.257 e. The maximum Gasteiger partial charge on any atom is 0.257 e. The lowest BCUT2D eigenvalue weighted by Gasteiger charge is -2.24. The predicted molar refractivity (Wildman–Crippen MR) is 115 cm³/mol. The normalized spacial score (nSPS) is 11.4. The molecule has 1 heterocycles. The number of benzene rings is 2. The van der Waals surface area contributed by atoms with Crippen LogP contribution in [0.2, 0.25) is 0 Å². The molecule has 3 rings (SSSR count). The Morgan fingerprint density at radius 3 is 2.67 bits per heavy atom. The fraction of sp³-hybridized carbons (Fsp3) is 0.417. The van der Waals surface area contributed by atoms with Crippen LogP contribution in [0.15, 0.2) is 42.5 Å². The van der Waals surface area contributed by atoms with Crippen LogP contribution in [0.3, 0.4) is 0 Å². The zero-order valence-electron chi connectivity index (χ0n) is 17.9. The quantitative estimate of drug-likeness (QED) is 0.444. The van der Waals surface area contributed by atoms with Crippen LogP contribution in [-0.2, 0) is 13.1 Å².